The highest BCUT2D eigenvalue weighted by Crippen LogP contribution is 2.42. The van der Waals surface area contributed by atoms with Gasteiger partial charge in [0.25, 0.3) is 0 Å². The van der Waals surface area contributed by atoms with Crippen LogP contribution in [0.25, 0.3) is 0 Å². The SMILES string of the molecule is CCOC1(C(NC)C2CCCC2)CCCC1. The summed E-state index contributed by atoms with van der Waals surface area (Å²) in [4.78, 5) is 0. The predicted octanol–water partition coefficient (Wildman–Crippen LogP) is 3.11. The van der Waals surface area contributed by atoms with E-state index in [1.54, 1.807) is 0 Å². The molecule has 0 aromatic carbocycles. The lowest BCUT2D eigenvalue weighted by Crippen LogP contribution is -2.53. The van der Waals surface area contributed by atoms with E-state index in [9.17, 15) is 0 Å². The maximum absolute atomic E-state index is 6.19. The van der Waals surface area contributed by atoms with Gasteiger partial charge in [0.15, 0.2) is 0 Å². The van der Waals surface area contributed by atoms with Crippen molar-refractivity contribution in [3.05, 3.63) is 0 Å². The number of likely N-dealkylation sites (N-methyl/N-ethyl adjacent to an activating group) is 1. The normalized spacial score (nSPS) is 27.4. The van der Waals surface area contributed by atoms with E-state index in [2.05, 4.69) is 19.3 Å². The third-order valence-corrected chi connectivity index (χ3v) is 4.63. The van der Waals surface area contributed by atoms with Gasteiger partial charge in [-0.15, -0.1) is 0 Å². The molecule has 0 heterocycles. The molecule has 0 aromatic rings. The number of rotatable bonds is 5. The summed E-state index contributed by atoms with van der Waals surface area (Å²) in [5, 5.41) is 3.59. The molecule has 0 aromatic heterocycles. The van der Waals surface area contributed by atoms with Crippen molar-refractivity contribution < 1.29 is 4.74 Å². The summed E-state index contributed by atoms with van der Waals surface area (Å²) in [5.41, 5.74) is 0.165. The zero-order valence-electron chi connectivity index (χ0n) is 10.9. The summed E-state index contributed by atoms with van der Waals surface area (Å²) in [6.45, 7) is 3.01. The number of hydrogen-bond acceptors (Lipinski definition) is 2. The first kappa shape index (κ1) is 12.4. The van der Waals surface area contributed by atoms with Crippen LogP contribution in [0.15, 0.2) is 0 Å². The lowest BCUT2D eigenvalue weighted by molar-refractivity contribution is -0.0730. The summed E-state index contributed by atoms with van der Waals surface area (Å²) in [7, 11) is 2.13. The second-order valence-electron chi connectivity index (χ2n) is 5.52. The molecule has 1 unspecified atom stereocenters. The van der Waals surface area contributed by atoms with Gasteiger partial charge in [0, 0.05) is 12.6 Å². The molecule has 0 spiro atoms. The van der Waals surface area contributed by atoms with Crippen molar-refractivity contribution in [1.82, 2.24) is 5.32 Å². The Morgan fingerprint density at radius 2 is 1.81 bits per heavy atom. The molecular weight excluding hydrogens is 198 g/mol. The largest absolute Gasteiger partial charge is 0.374 e. The Balaban J connectivity index is 2.08. The van der Waals surface area contributed by atoms with Crippen molar-refractivity contribution in [2.24, 2.45) is 5.92 Å². The molecule has 0 aliphatic heterocycles. The minimum atomic E-state index is 0.165. The summed E-state index contributed by atoms with van der Waals surface area (Å²) < 4.78 is 6.19. The summed E-state index contributed by atoms with van der Waals surface area (Å²) >= 11 is 0. The summed E-state index contributed by atoms with van der Waals surface area (Å²) in [6, 6.07) is 0.595. The number of ether oxygens (including phenoxy) is 1. The molecular formula is C14H27NO. The quantitative estimate of drug-likeness (QED) is 0.776. The first-order valence-electron chi connectivity index (χ1n) is 7.13. The van der Waals surface area contributed by atoms with Crippen LogP contribution in [0.1, 0.15) is 58.3 Å². The second kappa shape index (κ2) is 5.50. The van der Waals surface area contributed by atoms with Crippen LogP contribution in [-0.2, 0) is 4.74 Å². The van der Waals surface area contributed by atoms with Gasteiger partial charge in [-0.25, -0.2) is 0 Å². The number of hydrogen-bond donors (Lipinski definition) is 1. The van der Waals surface area contributed by atoms with E-state index < -0.39 is 0 Å². The molecule has 1 N–H and O–H groups in total. The molecule has 16 heavy (non-hydrogen) atoms. The van der Waals surface area contributed by atoms with Crippen molar-refractivity contribution >= 4 is 0 Å². The fourth-order valence-electron chi connectivity index (χ4n) is 4.03. The lowest BCUT2D eigenvalue weighted by atomic mass is 9.82. The van der Waals surface area contributed by atoms with E-state index >= 15 is 0 Å². The van der Waals surface area contributed by atoms with Gasteiger partial charge in [-0.1, -0.05) is 25.7 Å². The van der Waals surface area contributed by atoms with Gasteiger partial charge >= 0.3 is 0 Å². The van der Waals surface area contributed by atoms with Crippen LogP contribution >= 0.6 is 0 Å². The van der Waals surface area contributed by atoms with Crippen LogP contribution in [0.5, 0.6) is 0 Å². The average molecular weight is 225 g/mol. The van der Waals surface area contributed by atoms with Crippen LogP contribution in [0.2, 0.25) is 0 Å². The molecule has 2 aliphatic carbocycles. The smallest absolute Gasteiger partial charge is 0.0837 e. The molecule has 2 rings (SSSR count). The van der Waals surface area contributed by atoms with Gasteiger partial charge in [0.1, 0.15) is 0 Å². The topological polar surface area (TPSA) is 21.3 Å². The molecule has 0 bridgehead atoms. The van der Waals surface area contributed by atoms with Crippen molar-refractivity contribution in [1.29, 1.82) is 0 Å². The third-order valence-electron chi connectivity index (χ3n) is 4.63. The summed E-state index contributed by atoms with van der Waals surface area (Å²) in [5.74, 6) is 0.856. The fraction of sp³-hybridized carbons (Fsp3) is 1.00. The molecule has 2 saturated carbocycles. The van der Waals surface area contributed by atoms with Gasteiger partial charge in [-0.3, -0.25) is 0 Å². The van der Waals surface area contributed by atoms with Gasteiger partial charge < -0.3 is 10.1 Å². The highest BCUT2D eigenvalue weighted by Gasteiger charge is 2.45. The van der Waals surface area contributed by atoms with Crippen molar-refractivity contribution in [2.75, 3.05) is 13.7 Å². The Kier molecular flexibility index (Phi) is 4.26. The third kappa shape index (κ3) is 2.28. The van der Waals surface area contributed by atoms with Gasteiger partial charge in [0.05, 0.1) is 5.60 Å². The maximum atomic E-state index is 6.19. The van der Waals surface area contributed by atoms with E-state index in [0.29, 0.717) is 6.04 Å². The lowest BCUT2D eigenvalue weighted by Gasteiger charge is -2.40. The zero-order chi connectivity index (χ0) is 11.4. The standard InChI is InChI=1S/C14H27NO/c1-3-16-14(10-6-7-11-14)13(15-2)12-8-4-5-9-12/h12-13,15H,3-11H2,1-2H3. The van der Waals surface area contributed by atoms with E-state index in [4.69, 9.17) is 4.74 Å². The van der Waals surface area contributed by atoms with Crippen molar-refractivity contribution in [3.63, 3.8) is 0 Å². The first-order valence-corrected chi connectivity index (χ1v) is 7.13. The Bertz CT molecular complexity index is 205. The van der Waals surface area contributed by atoms with E-state index in [-0.39, 0.29) is 5.60 Å². The Labute approximate surface area is 100 Å². The second-order valence-corrected chi connectivity index (χ2v) is 5.52. The van der Waals surface area contributed by atoms with Crippen LogP contribution in [0, 0.1) is 5.92 Å². The molecule has 2 heteroatoms. The first-order chi connectivity index (χ1) is 7.82. The van der Waals surface area contributed by atoms with Gasteiger partial charge in [-0.05, 0) is 45.6 Å². The Morgan fingerprint density at radius 3 is 2.31 bits per heavy atom. The van der Waals surface area contributed by atoms with Crippen LogP contribution < -0.4 is 5.32 Å². The van der Waals surface area contributed by atoms with E-state index in [1.165, 1.54) is 51.4 Å². The van der Waals surface area contributed by atoms with Gasteiger partial charge in [0.2, 0.25) is 0 Å². The van der Waals surface area contributed by atoms with E-state index in [0.717, 1.165) is 12.5 Å². The van der Waals surface area contributed by atoms with Gasteiger partial charge in [-0.2, -0.15) is 0 Å². The monoisotopic (exact) mass is 225 g/mol. The molecule has 0 radical (unpaired) electrons. The highest BCUT2D eigenvalue weighted by molar-refractivity contribution is 5.00. The van der Waals surface area contributed by atoms with Crippen LogP contribution in [-0.4, -0.2) is 25.3 Å². The molecule has 0 saturated heterocycles. The van der Waals surface area contributed by atoms with Crippen molar-refractivity contribution in [3.8, 4) is 0 Å². The van der Waals surface area contributed by atoms with Crippen LogP contribution in [0.4, 0.5) is 0 Å². The molecule has 2 fully saturated rings. The van der Waals surface area contributed by atoms with E-state index in [1.807, 2.05) is 0 Å². The average Bonchev–Trinajstić information content (AvgIpc) is 2.92. The molecule has 2 nitrogen and oxygen atoms in total. The predicted molar refractivity (Wildman–Crippen MR) is 67.6 cm³/mol. The molecule has 2 aliphatic rings. The fourth-order valence-corrected chi connectivity index (χ4v) is 4.03. The zero-order valence-corrected chi connectivity index (χ0v) is 10.9. The molecule has 1 atom stereocenters. The maximum Gasteiger partial charge on any atom is 0.0837 e. The highest BCUT2D eigenvalue weighted by atomic mass is 16.5. The Morgan fingerprint density at radius 1 is 1.19 bits per heavy atom. The molecule has 94 valence electrons. The minimum absolute atomic E-state index is 0.165. The van der Waals surface area contributed by atoms with Crippen molar-refractivity contribution in [2.45, 2.75) is 69.9 Å². The summed E-state index contributed by atoms with van der Waals surface area (Å²) in [6.07, 6.45) is 10.9. The molecule has 0 amide bonds. The minimum Gasteiger partial charge on any atom is -0.374 e. The number of nitrogens with one attached hydrogen (secondary N) is 1. The van der Waals surface area contributed by atoms with Crippen LogP contribution in [0.3, 0.4) is 0 Å². The Hall–Kier alpha value is -0.0800.